The molecular weight excluding hydrogens is 417 g/mol. The van der Waals surface area contributed by atoms with E-state index in [0.717, 1.165) is 7.11 Å². The summed E-state index contributed by atoms with van der Waals surface area (Å²) in [6, 6.07) is 0. The summed E-state index contributed by atoms with van der Waals surface area (Å²) in [5.41, 5.74) is 6.29. The molecule has 1 aliphatic heterocycles. The topological polar surface area (TPSA) is 203 Å². The fourth-order valence-corrected chi connectivity index (χ4v) is 5.04. The Hall–Kier alpha value is -1.80. The first-order chi connectivity index (χ1) is 13.1. The van der Waals surface area contributed by atoms with Gasteiger partial charge in [-0.3, -0.25) is 13.9 Å². The number of carbonyl (C=O) groups is 1. The molecule has 28 heavy (non-hydrogen) atoms. The number of aliphatic hydroxyl groups excluding tert-OH is 2. The number of nitrogens with zero attached hydrogens (tertiary/aromatic N) is 4. The normalized spacial score (nSPS) is 26.5. The van der Waals surface area contributed by atoms with Gasteiger partial charge < -0.3 is 35.2 Å². The van der Waals surface area contributed by atoms with Gasteiger partial charge in [0.05, 0.1) is 19.5 Å². The summed E-state index contributed by atoms with van der Waals surface area (Å²) in [6.45, 7) is 0. The second kappa shape index (κ2) is 7.91. The van der Waals surface area contributed by atoms with Crippen molar-refractivity contribution in [2.45, 2.75) is 29.5 Å². The molecule has 2 aromatic heterocycles. The molecule has 1 unspecified atom stereocenters. The van der Waals surface area contributed by atoms with Gasteiger partial charge in [-0.15, -0.1) is 11.8 Å². The van der Waals surface area contributed by atoms with Crippen molar-refractivity contribution in [3.05, 3.63) is 12.7 Å². The third kappa shape index (κ3) is 3.85. The van der Waals surface area contributed by atoms with Crippen LogP contribution in [0.15, 0.2) is 12.7 Å². The summed E-state index contributed by atoms with van der Waals surface area (Å²) in [4.78, 5) is 40.4. The molecule has 15 heteroatoms. The predicted octanol–water partition coefficient (Wildman–Crippen LogP) is -1.56. The molecule has 1 saturated heterocycles. The predicted molar refractivity (Wildman–Crippen MR) is 96.0 cm³/mol. The minimum atomic E-state index is -4.80. The van der Waals surface area contributed by atoms with Crippen LogP contribution in [0.5, 0.6) is 0 Å². The molecule has 0 radical (unpaired) electrons. The quantitative estimate of drug-likeness (QED) is 0.257. The number of hydrogen-bond acceptors (Lipinski definition) is 11. The van der Waals surface area contributed by atoms with Crippen LogP contribution in [0, 0.1) is 0 Å². The molecule has 13 nitrogen and oxygen atoms in total. The fraction of sp³-hybridized carbons (Fsp3) is 0.538. The van der Waals surface area contributed by atoms with Crippen molar-refractivity contribution in [1.29, 1.82) is 0 Å². The van der Waals surface area contributed by atoms with Crippen LogP contribution in [0.3, 0.4) is 0 Å². The summed E-state index contributed by atoms with van der Waals surface area (Å²) >= 11 is 0.565. The zero-order chi connectivity index (χ0) is 20.6. The number of fused-ring (bicyclic) bond motifs is 1. The van der Waals surface area contributed by atoms with Crippen molar-refractivity contribution < 1.29 is 38.8 Å². The first kappa shape index (κ1) is 20.9. The molecule has 6 N–H and O–H groups in total. The van der Waals surface area contributed by atoms with Gasteiger partial charge in [-0.1, -0.05) is 0 Å². The number of aromatic nitrogens is 4. The molecule has 2 aromatic rings. The molecule has 0 aromatic carbocycles. The van der Waals surface area contributed by atoms with Gasteiger partial charge in [0.2, 0.25) is 4.99 Å². The number of rotatable bonds is 6. The Kier molecular flexibility index (Phi) is 5.91. The minimum absolute atomic E-state index is 0.131. The molecule has 0 bridgehead atoms. The van der Waals surface area contributed by atoms with Gasteiger partial charge in [-0.25, -0.2) is 15.0 Å². The first-order valence-corrected chi connectivity index (χ1v) is 10.6. The lowest BCUT2D eigenvalue weighted by atomic mass is 10.1. The number of imidazole rings is 1. The van der Waals surface area contributed by atoms with E-state index >= 15 is 0 Å². The van der Waals surface area contributed by atoms with E-state index < -0.39 is 43.1 Å². The molecule has 0 aliphatic carbocycles. The zero-order valence-corrected chi connectivity index (χ0v) is 16.1. The maximum absolute atomic E-state index is 11.6. The van der Waals surface area contributed by atoms with Crippen LogP contribution in [0.1, 0.15) is 6.23 Å². The Morgan fingerprint density at radius 3 is 2.75 bits per heavy atom. The van der Waals surface area contributed by atoms with Crippen LogP contribution in [-0.4, -0.2) is 81.7 Å². The second-order valence-electron chi connectivity index (χ2n) is 5.93. The summed E-state index contributed by atoms with van der Waals surface area (Å²) in [6.07, 6.45) is -2.34. The lowest BCUT2D eigenvalue weighted by Gasteiger charge is -2.19. The Balaban J connectivity index is 1.78. The number of methoxy groups -OCH3 is 1. The SMILES string of the molecule is COC(=O)C(SC[C@H]1O[C@@H](n2cnc3c(N)ncnc32)[C@H](O)[C@@H]1O)P(=O)(O)O. The summed E-state index contributed by atoms with van der Waals surface area (Å²) in [5.74, 6) is -1.16. The molecule has 5 atom stereocenters. The average molecular weight is 435 g/mol. The number of thioether (sulfide) groups is 1. The largest absolute Gasteiger partial charge is 0.468 e. The van der Waals surface area contributed by atoms with Crippen molar-refractivity contribution in [2.24, 2.45) is 0 Å². The van der Waals surface area contributed by atoms with Crippen LogP contribution in [-0.2, 0) is 18.8 Å². The van der Waals surface area contributed by atoms with Crippen molar-refractivity contribution in [1.82, 2.24) is 19.5 Å². The molecule has 0 amide bonds. The molecule has 1 fully saturated rings. The van der Waals surface area contributed by atoms with Gasteiger partial charge in [0.15, 0.2) is 17.7 Å². The van der Waals surface area contributed by atoms with Crippen LogP contribution < -0.4 is 5.73 Å². The summed E-state index contributed by atoms with van der Waals surface area (Å²) in [7, 11) is -3.80. The minimum Gasteiger partial charge on any atom is -0.468 e. The number of nitrogen functional groups attached to an aromatic ring is 1. The van der Waals surface area contributed by atoms with E-state index in [4.69, 9.17) is 10.5 Å². The Morgan fingerprint density at radius 2 is 2.11 bits per heavy atom. The molecule has 3 rings (SSSR count). The van der Waals surface area contributed by atoms with Gasteiger partial charge in [-0.05, 0) is 0 Å². The molecule has 0 spiro atoms. The molecule has 1 aliphatic rings. The van der Waals surface area contributed by atoms with Crippen LogP contribution in [0.2, 0.25) is 0 Å². The summed E-state index contributed by atoms with van der Waals surface area (Å²) < 4.78 is 22.9. The van der Waals surface area contributed by atoms with Crippen molar-refractivity contribution in [2.75, 3.05) is 18.6 Å². The number of esters is 1. The van der Waals surface area contributed by atoms with Gasteiger partial charge in [0.1, 0.15) is 24.1 Å². The number of hydrogen-bond donors (Lipinski definition) is 5. The lowest BCUT2D eigenvalue weighted by Crippen LogP contribution is -2.33. The van der Waals surface area contributed by atoms with E-state index in [0.29, 0.717) is 11.8 Å². The van der Waals surface area contributed by atoms with E-state index in [1.165, 1.54) is 17.2 Å². The Labute approximate surface area is 162 Å². The lowest BCUT2D eigenvalue weighted by molar-refractivity contribution is -0.138. The van der Waals surface area contributed by atoms with Crippen molar-refractivity contribution >= 4 is 42.3 Å². The van der Waals surface area contributed by atoms with E-state index in [2.05, 4.69) is 19.7 Å². The van der Waals surface area contributed by atoms with Gasteiger partial charge >= 0.3 is 13.6 Å². The van der Waals surface area contributed by atoms with E-state index in [-0.39, 0.29) is 22.7 Å². The first-order valence-electron chi connectivity index (χ1n) is 7.84. The van der Waals surface area contributed by atoms with Crippen molar-refractivity contribution in [3.63, 3.8) is 0 Å². The second-order valence-corrected chi connectivity index (χ2v) is 9.11. The van der Waals surface area contributed by atoms with Crippen LogP contribution >= 0.6 is 19.4 Å². The monoisotopic (exact) mass is 435 g/mol. The number of anilines is 1. The third-order valence-electron chi connectivity index (χ3n) is 4.13. The number of aliphatic hydroxyl groups is 2. The highest BCUT2D eigenvalue weighted by molar-refractivity contribution is 8.06. The number of ether oxygens (including phenoxy) is 2. The van der Waals surface area contributed by atoms with E-state index in [1.807, 2.05) is 0 Å². The van der Waals surface area contributed by atoms with Gasteiger partial charge in [0, 0.05) is 5.75 Å². The maximum atomic E-state index is 11.6. The third-order valence-corrected chi connectivity index (χ3v) is 7.25. The molecule has 0 saturated carbocycles. The summed E-state index contributed by atoms with van der Waals surface area (Å²) in [5, 5.41) is 20.6. The Morgan fingerprint density at radius 1 is 1.39 bits per heavy atom. The zero-order valence-electron chi connectivity index (χ0n) is 14.4. The van der Waals surface area contributed by atoms with E-state index in [1.54, 1.807) is 0 Å². The van der Waals surface area contributed by atoms with Crippen molar-refractivity contribution in [3.8, 4) is 0 Å². The highest BCUT2D eigenvalue weighted by Crippen LogP contribution is 2.48. The van der Waals surface area contributed by atoms with Gasteiger partial charge in [-0.2, -0.15) is 0 Å². The average Bonchev–Trinajstić information content (AvgIpc) is 3.17. The number of nitrogens with two attached hydrogens (primary N) is 1. The highest BCUT2D eigenvalue weighted by Gasteiger charge is 2.46. The van der Waals surface area contributed by atoms with Crippen LogP contribution in [0.4, 0.5) is 5.82 Å². The maximum Gasteiger partial charge on any atom is 0.349 e. The van der Waals surface area contributed by atoms with Gasteiger partial charge in [0.25, 0.3) is 0 Å². The highest BCUT2D eigenvalue weighted by atomic mass is 32.2. The standard InChI is InChI=1S/C13H18N5O8PS/c1-25-12(21)13(27(22,23)24)28-2-5-7(19)8(20)11(26-5)18-4-17-6-9(14)15-3-16-10(6)18/h3-5,7-8,11,13,19-20H,2H2,1H3,(H2,14,15,16)(H2,22,23,24)/t5-,7-,8-,11-,13?/m1/s1. The van der Waals surface area contributed by atoms with Crippen LogP contribution in [0.25, 0.3) is 11.2 Å². The smallest absolute Gasteiger partial charge is 0.349 e. The molecular formula is C13H18N5O8PS. The molecule has 3 heterocycles. The van der Waals surface area contributed by atoms with E-state index in [9.17, 15) is 29.4 Å². The molecule has 154 valence electrons. The fourth-order valence-electron chi connectivity index (χ4n) is 2.74. The number of carbonyl (C=O) groups excluding carboxylic acids is 1. The Bertz CT molecular complexity index is 921.